The fourth-order valence-electron chi connectivity index (χ4n) is 2.78. The van der Waals surface area contributed by atoms with Crippen molar-refractivity contribution in [2.75, 3.05) is 5.32 Å². The van der Waals surface area contributed by atoms with Crippen molar-refractivity contribution in [1.82, 2.24) is 0 Å². The maximum Gasteiger partial charge on any atom is 0.303 e. The van der Waals surface area contributed by atoms with E-state index in [1.165, 1.54) is 11.3 Å². The third kappa shape index (κ3) is 3.85. The molecule has 0 aliphatic heterocycles. The van der Waals surface area contributed by atoms with Crippen molar-refractivity contribution >= 4 is 34.1 Å². The number of thiophene rings is 1. The minimum Gasteiger partial charge on any atom is -0.481 e. The molecule has 120 valence electrons. The number of hydrogen-bond acceptors (Lipinski definition) is 4. The number of carboxylic acids is 1. The van der Waals surface area contributed by atoms with Gasteiger partial charge < -0.3 is 16.2 Å². The lowest BCUT2D eigenvalue weighted by Gasteiger charge is -2.11. The van der Waals surface area contributed by atoms with Crippen molar-refractivity contribution in [2.45, 2.75) is 45.4 Å². The summed E-state index contributed by atoms with van der Waals surface area (Å²) >= 11 is 1.41. The van der Waals surface area contributed by atoms with Crippen LogP contribution in [0.2, 0.25) is 0 Å². The molecule has 0 aromatic carbocycles. The number of fused-ring (bicyclic) bond motifs is 1. The first kappa shape index (κ1) is 16.5. The predicted octanol–water partition coefficient (Wildman–Crippen LogP) is 2.17. The second-order valence-electron chi connectivity index (χ2n) is 5.73. The SMILES string of the molecule is C[C@@H](CC(=O)O)CC(=O)Nc1sc2c(c1C(N)=O)CCCC2. The summed E-state index contributed by atoms with van der Waals surface area (Å²) in [6.07, 6.45) is 3.87. The molecule has 0 saturated carbocycles. The summed E-state index contributed by atoms with van der Waals surface area (Å²) in [6.45, 7) is 1.71. The topological polar surface area (TPSA) is 109 Å². The third-order valence-electron chi connectivity index (χ3n) is 3.73. The number of aliphatic carboxylic acids is 1. The Morgan fingerprint density at radius 3 is 2.59 bits per heavy atom. The summed E-state index contributed by atoms with van der Waals surface area (Å²) in [5.74, 6) is -1.99. The molecule has 4 N–H and O–H groups in total. The number of aryl methyl sites for hydroxylation is 1. The smallest absolute Gasteiger partial charge is 0.303 e. The third-order valence-corrected chi connectivity index (χ3v) is 4.93. The Hall–Kier alpha value is -1.89. The molecule has 1 atom stereocenters. The van der Waals surface area contributed by atoms with E-state index in [0.29, 0.717) is 10.6 Å². The summed E-state index contributed by atoms with van der Waals surface area (Å²) in [4.78, 5) is 35.5. The first-order valence-corrected chi connectivity index (χ1v) is 8.16. The molecule has 2 amide bonds. The van der Waals surface area contributed by atoms with Crippen molar-refractivity contribution in [1.29, 1.82) is 0 Å². The molecule has 1 aromatic heterocycles. The van der Waals surface area contributed by atoms with Crippen molar-refractivity contribution in [2.24, 2.45) is 11.7 Å². The highest BCUT2D eigenvalue weighted by atomic mass is 32.1. The molecule has 1 aromatic rings. The fraction of sp³-hybridized carbons (Fsp3) is 0.533. The van der Waals surface area contributed by atoms with Gasteiger partial charge in [-0.15, -0.1) is 11.3 Å². The minimum atomic E-state index is -0.926. The molecule has 0 saturated heterocycles. The Morgan fingerprint density at radius 2 is 1.95 bits per heavy atom. The summed E-state index contributed by atoms with van der Waals surface area (Å²) in [5.41, 5.74) is 6.86. The zero-order chi connectivity index (χ0) is 16.3. The molecule has 0 bridgehead atoms. The largest absolute Gasteiger partial charge is 0.481 e. The Balaban J connectivity index is 2.12. The van der Waals surface area contributed by atoms with Gasteiger partial charge in [-0.1, -0.05) is 6.92 Å². The Labute approximate surface area is 132 Å². The molecule has 22 heavy (non-hydrogen) atoms. The van der Waals surface area contributed by atoms with Crippen LogP contribution in [0.25, 0.3) is 0 Å². The number of primary amides is 1. The highest BCUT2D eigenvalue weighted by Crippen LogP contribution is 2.38. The molecule has 1 aliphatic rings. The van der Waals surface area contributed by atoms with E-state index in [-0.39, 0.29) is 24.7 Å². The maximum atomic E-state index is 12.0. The fourth-order valence-corrected chi connectivity index (χ4v) is 4.09. The lowest BCUT2D eigenvalue weighted by molar-refractivity contribution is -0.138. The van der Waals surface area contributed by atoms with E-state index in [1.54, 1.807) is 6.92 Å². The Bertz CT molecular complexity index is 609. The molecule has 6 nitrogen and oxygen atoms in total. The van der Waals surface area contributed by atoms with Crippen molar-refractivity contribution in [3.05, 3.63) is 16.0 Å². The van der Waals surface area contributed by atoms with Gasteiger partial charge in [0, 0.05) is 17.7 Å². The van der Waals surface area contributed by atoms with Gasteiger partial charge in [0.25, 0.3) is 5.91 Å². The van der Waals surface area contributed by atoms with Crippen LogP contribution in [-0.4, -0.2) is 22.9 Å². The van der Waals surface area contributed by atoms with Crippen LogP contribution in [-0.2, 0) is 22.4 Å². The standard InChI is InChI=1S/C15H20N2O4S/c1-8(7-12(19)20)6-11(18)17-15-13(14(16)21)9-4-2-3-5-10(9)22-15/h8H,2-7H2,1H3,(H2,16,21)(H,17,18)(H,19,20)/t8-/m1/s1. The van der Waals surface area contributed by atoms with E-state index in [0.717, 1.165) is 36.1 Å². The second-order valence-corrected chi connectivity index (χ2v) is 6.84. The van der Waals surface area contributed by atoms with Crippen molar-refractivity contribution < 1.29 is 19.5 Å². The van der Waals surface area contributed by atoms with Gasteiger partial charge in [0.2, 0.25) is 5.91 Å². The van der Waals surface area contributed by atoms with Crippen molar-refractivity contribution in [3.63, 3.8) is 0 Å². The van der Waals surface area contributed by atoms with Crippen LogP contribution in [0.4, 0.5) is 5.00 Å². The predicted molar refractivity (Wildman–Crippen MR) is 84.1 cm³/mol. The number of carboxylic acid groups (broad SMARTS) is 1. The average Bonchev–Trinajstić information content (AvgIpc) is 2.74. The van der Waals surface area contributed by atoms with Gasteiger partial charge in [-0.25, -0.2) is 0 Å². The van der Waals surface area contributed by atoms with Gasteiger partial charge in [0.15, 0.2) is 0 Å². The van der Waals surface area contributed by atoms with Crippen LogP contribution in [0.5, 0.6) is 0 Å². The molecule has 0 radical (unpaired) electrons. The van der Waals surface area contributed by atoms with Crippen LogP contribution in [0.15, 0.2) is 0 Å². The summed E-state index contributed by atoms with van der Waals surface area (Å²) in [7, 11) is 0. The van der Waals surface area contributed by atoms with Crippen LogP contribution in [0, 0.1) is 5.92 Å². The first-order valence-electron chi connectivity index (χ1n) is 7.34. The molecule has 0 spiro atoms. The van der Waals surface area contributed by atoms with Crippen LogP contribution < -0.4 is 11.1 Å². The van der Waals surface area contributed by atoms with Gasteiger partial charge in [0.05, 0.1) is 5.56 Å². The zero-order valence-electron chi connectivity index (χ0n) is 12.5. The number of carbonyl (C=O) groups is 3. The van der Waals surface area contributed by atoms with Gasteiger partial charge in [-0.05, 0) is 37.2 Å². The van der Waals surface area contributed by atoms with Gasteiger partial charge in [-0.3, -0.25) is 14.4 Å². The second kappa shape index (κ2) is 6.91. The normalized spacial score (nSPS) is 15.0. The first-order chi connectivity index (χ1) is 10.4. The summed E-state index contributed by atoms with van der Waals surface area (Å²) < 4.78 is 0. The highest BCUT2D eigenvalue weighted by Gasteiger charge is 2.25. The van der Waals surface area contributed by atoms with Crippen LogP contribution >= 0.6 is 11.3 Å². The minimum absolute atomic E-state index is 0.0585. The van der Waals surface area contributed by atoms with E-state index in [4.69, 9.17) is 10.8 Å². The van der Waals surface area contributed by atoms with Gasteiger partial charge in [-0.2, -0.15) is 0 Å². The molecule has 0 fully saturated rings. The maximum absolute atomic E-state index is 12.0. The molecule has 2 rings (SSSR count). The van der Waals surface area contributed by atoms with E-state index in [1.807, 2.05) is 0 Å². The highest BCUT2D eigenvalue weighted by molar-refractivity contribution is 7.17. The summed E-state index contributed by atoms with van der Waals surface area (Å²) in [5, 5.41) is 12.0. The Kier molecular flexibility index (Phi) is 5.18. The van der Waals surface area contributed by atoms with Gasteiger partial charge in [0.1, 0.15) is 5.00 Å². The summed E-state index contributed by atoms with van der Waals surface area (Å²) in [6, 6.07) is 0. The number of anilines is 1. The molecular weight excluding hydrogens is 304 g/mol. The number of amides is 2. The van der Waals surface area contributed by atoms with Gasteiger partial charge >= 0.3 is 5.97 Å². The van der Waals surface area contributed by atoms with Crippen LogP contribution in [0.1, 0.15) is 53.4 Å². The van der Waals surface area contributed by atoms with E-state index >= 15 is 0 Å². The van der Waals surface area contributed by atoms with E-state index in [9.17, 15) is 14.4 Å². The molecule has 1 aliphatic carbocycles. The lowest BCUT2D eigenvalue weighted by atomic mass is 9.95. The molecular formula is C15H20N2O4S. The number of nitrogens with two attached hydrogens (primary N) is 1. The molecule has 7 heteroatoms. The quantitative estimate of drug-likeness (QED) is 0.745. The lowest BCUT2D eigenvalue weighted by Crippen LogP contribution is -2.20. The van der Waals surface area contributed by atoms with Crippen LogP contribution in [0.3, 0.4) is 0 Å². The van der Waals surface area contributed by atoms with Crippen molar-refractivity contribution in [3.8, 4) is 0 Å². The molecule has 1 heterocycles. The molecule has 0 unspecified atom stereocenters. The number of nitrogens with one attached hydrogen (secondary N) is 1. The number of hydrogen-bond donors (Lipinski definition) is 3. The van der Waals surface area contributed by atoms with E-state index < -0.39 is 11.9 Å². The zero-order valence-corrected chi connectivity index (χ0v) is 13.3. The monoisotopic (exact) mass is 324 g/mol. The average molecular weight is 324 g/mol. The van der Waals surface area contributed by atoms with E-state index in [2.05, 4.69) is 5.32 Å². The Morgan fingerprint density at radius 1 is 1.27 bits per heavy atom. The number of rotatable bonds is 6. The number of carbonyl (C=O) groups excluding carboxylic acids is 2.